The fraction of sp³-hybridized carbons (Fsp3) is 0.429. The van der Waals surface area contributed by atoms with Crippen molar-refractivity contribution in [2.24, 2.45) is 11.8 Å². The van der Waals surface area contributed by atoms with Crippen LogP contribution in [-0.4, -0.2) is 25.5 Å². The molecule has 1 aliphatic carbocycles. The molecule has 0 unspecified atom stereocenters. The lowest BCUT2D eigenvalue weighted by Gasteiger charge is -2.07. The van der Waals surface area contributed by atoms with Crippen LogP contribution in [0, 0.1) is 11.8 Å². The molecule has 5 heteroatoms. The monoisotopic (exact) mass is 280 g/mol. The van der Waals surface area contributed by atoms with E-state index in [1.165, 1.54) is 7.11 Å². The van der Waals surface area contributed by atoms with Crippen molar-refractivity contribution in [3.8, 4) is 5.75 Å². The Morgan fingerprint density at radius 2 is 2.16 bits per heavy atom. The Balaban J connectivity index is 1.84. The van der Waals surface area contributed by atoms with Gasteiger partial charge in [0.15, 0.2) is 5.78 Å². The van der Waals surface area contributed by atoms with Gasteiger partial charge in [-0.1, -0.05) is 17.7 Å². The van der Waals surface area contributed by atoms with Crippen LogP contribution in [0.15, 0.2) is 12.1 Å². The number of carbonyl (C=O) groups excluding carboxylic acids is 2. The van der Waals surface area contributed by atoms with Crippen LogP contribution in [0.2, 0.25) is 5.02 Å². The summed E-state index contributed by atoms with van der Waals surface area (Å²) in [4.78, 5) is 23.7. The van der Waals surface area contributed by atoms with Crippen LogP contribution in [0.3, 0.4) is 0 Å². The zero-order valence-electron chi connectivity index (χ0n) is 10.4. The molecule has 19 heavy (non-hydrogen) atoms. The van der Waals surface area contributed by atoms with Crippen molar-refractivity contribution in [3.63, 3.8) is 0 Å². The standard InChI is InChI=1S/C14H13ClO4/c1-18-14(17)10-6-9(10)12(16)8-3-2-7-4-5-19-13(7)11(8)15/h2-3,9-10H,4-6H2,1H3/t9-,10-/m0/s1. The lowest BCUT2D eigenvalue weighted by molar-refractivity contribution is -0.142. The SMILES string of the molecule is COC(=O)[C@H]1C[C@@H]1C(=O)c1ccc2c(c1Cl)OCC2. The van der Waals surface area contributed by atoms with Gasteiger partial charge in [0.05, 0.1) is 24.7 Å². The van der Waals surface area contributed by atoms with Crippen LogP contribution in [0.5, 0.6) is 5.75 Å². The molecule has 4 nitrogen and oxygen atoms in total. The Bertz CT molecular complexity index is 567. The molecule has 0 saturated heterocycles. The number of ether oxygens (including phenoxy) is 2. The number of Topliss-reactive ketones (excluding diaryl/α,β-unsaturated/α-hetero) is 1. The van der Waals surface area contributed by atoms with Gasteiger partial charge in [-0.2, -0.15) is 0 Å². The fourth-order valence-electron chi connectivity index (χ4n) is 2.50. The quantitative estimate of drug-likeness (QED) is 0.629. The zero-order chi connectivity index (χ0) is 13.6. The third kappa shape index (κ3) is 2.00. The van der Waals surface area contributed by atoms with Crippen LogP contribution in [0.4, 0.5) is 0 Å². The maximum absolute atomic E-state index is 12.3. The molecule has 0 amide bonds. The first kappa shape index (κ1) is 12.5. The van der Waals surface area contributed by atoms with Crippen molar-refractivity contribution in [3.05, 3.63) is 28.3 Å². The number of esters is 1. The van der Waals surface area contributed by atoms with Crippen LogP contribution in [0.25, 0.3) is 0 Å². The van der Waals surface area contributed by atoms with E-state index in [-0.39, 0.29) is 23.6 Å². The highest BCUT2D eigenvalue weighted by molar-refractivity contribution is 6.35. The molecule has 1 aromatic rings. The van der Waals surface area contributed by atoms with Gasteiger partial charge in [-0.25, -0.2) is 0 Å². The van der Waals surface area contributed by atoms with Crippen molar-refractivity contribution in [2.45, 2.75) is 12.8 Å². The van der Waals surface area contributed by atoms with E-state index >= 15 is 0 Å². The first-order valence-electron chi connectivity index (χ1n) is 6.19. The molecule has 0 aromatic heterocycles. The molecule has 1 saturated carbocycles. The Labute approximate surface area is 115 Å². The van der Waals surface area contributed by atoms with E-state index in [4.69, 9.17) is 16.3 Å². The van der Waals surface area contributed by atoms with Crippen LogP contribution < -0.4 is 4.74 Å². The molecule has 1 aliphatic heterocycles. The minimum absolute atomic E-state index is 0.0984. The topological polar surface area (TPSA) is 52.6 Å². The van der Waals surface area contributed by atoms with Crippen molar-refractivity contribution >= 4 is 23.4 Å². The molecule has 0 N–H and O–H groups in total. The van der Waals surface area contributed by atoms with Crippen molar-refractivity contribution in [1.82, 2.24) is 0 Å². The minimum Gasteiger partial charge on any atom is -0.491 e. The lowest BCUT2D eigenvalue weighted by atomic mass is 10.0. The van der Waals surface area contributed by atoms with E-state index in [2.05, 4.69) is 4.74 Å². The fourth-order valence-corrected chi connectivity index (χ4v) is 2.83. The Morgan fingerprint density at radius 3 is 2.89 bits per heavy atom. The summed E-state index contributed by atoms with van der Waals surface area (Å²) >= 11 is 6.22. The molecule has 2 aliphatic rings. The summed E-state index contributed by atoms with van der Waals surface area (Å²) in [6.45, 7) is 0.598. The van der Waals surface area contributed by atoms with E-state index in [1.54, 1.807) is 6.07 Å². The van der Waals surface area contributed by atoms with Crippen molar-refractivity contribution in [1.29, 1.82) is 0 Å². The molecular weight excluding hydrogens is 268 g/mol. The summed E-state index contributed by atoms with van der Waals surface area (Å²) in [6.07, 6.45) is 1.36. The largest absolute Gasteiger partial charge is 0.491 e. The molecular formula is C14H13ClO4. The molecule has 0 radical (unpaired) electrons. The zero-order valence-corrected chi connectivity index (χ0v) is 11.2. The summed E-state index contributed by atoms with van der Waals surface area (Å²) in [6, 6.07) is 3.60. The Hall–Kier alpha value is -1.55. The number of fused-ring (bicyclic) bond motifs is 1. The summed E-state index contributed by atoms with van der Waals surface area (Å²) in [7, 11) is 1.33. The van der Waals surface area contributed by atoms with Gasteiger partial charge in [0.1, 0.15) is 5.75 Å². The average molecular weight is 281 g/mol. The molecule has 1 fully saturated rings. The van der Waals surface area contributed by atoms with E-state index in [1.807, 2.05) is 6.07 Å². The van der Waals surface area contributed by atoms with E-state index in [0.29, 0.717) is 29.4 Å². The van der Waals surface area contributed by atoms with Crippen LogP contribution in [0.1, 0.15) is 22.3 Å². The Kier molecular flexibility index (Phi) is 2.97. The maximum atomic E-state index is 12.3. The van der Waals surface area contributed by atoms with Gasteiger partial charge in [-0.15, -0.1) is 0 Å². The first-order valence-corrected chi connectivity index (χ1v) is 6.57. The molecule has 3 rings (SSSR count). The number of methoxy groups -OCH3 is 1. The normalized spacial score (nSPS) is 23.5. The smallest absolute Gasteiger partial charge is 0.309 e. The summed E-state index contributed by atoms with van der Waals surface area (Å²) in [5, 5.41) is 0.371. The first-order chi connectivity index (χ1) is 9.13. The second kappa shape index (κ2) is 4.53. The molecule has 1 heterocycles. The highest BCUT2D eigenvalue weighted by atomic mass is 35.5. The molecule has 0 bridgehead atoms. The number of rotatable bonds is 3. The summed E-state index contributed by atoms with van der Waals surface area (Å²) < 4.78 is 10.1. The van der Waals surface area contributed by atoms with Crippen molar-refractivity contribution < 1.29 is 19.1 Å². The molecule has 1 aromatic carbocycles. The van der Waals surface area contributed by atoms with Gasteiger partial charge in [0, 0.05) is 17.9 Å². The van der Waals surface area contributed by atoms with Gasteiger partial charge in [0.25, 0.3) is 0 Å². The lowest BCUT2D eigenvalue weighted by Crippen LogP contribution is -2.10. The van der Waals surface area contributed by atoms with E-state index in [0.717, 1.165) is 12.0 Å². The maximum Gasteiger partial charge on any atom is 0.309 e. The van der Waals surface area contributed by atoms with Gasteiger partial charge in [-0.3, -0.25) is 9.59 Å². The van der Waals surface area contributed by atoms with E-state index < -0.39 is 0 Å². The van der Waals surface area contributed by atoms with Crippen LogP contribution in [-0.2, 0) is 16.0 Å². The second-order valence-corrected chi connectivity index (χ2v) is 5.23. The van der Waals surface area contributed by atoms with Gasteiger partial charge >= 0.3 is 5.97 Å². The minimum atomic E-state index is -0.327. The predicted molar refractivity (Wildman–Crippen MR) is 68.6 cm³/mol. The number of hydrogen-bond acceptors (Lipinski definition) is 4. The number of halogens is 1. The molecule has 2 atom stereocenters. The third-order valence-electron chi connectivity index (χ3n) is 3.69. The highest BCUT2D eigenvalue weighted by Gasteiger charge is 2.49. The van der Waals surface area contributed by atoms with Gasteiger partial charge in [0.2, 0.25) is 0 Å². The number of ketones is 1. The Morgan fingerprint density at radius 1 is 1.37 bits per heavy atom. The number of benzene rings is 1. The average Bonchev–Trinajstić information content (AvgIpc) is 3.07. The predicted octanol–water partition coefficient (Wildman–Crippen LogP) is 2.27. The third-order valence-corrected chi connectivity index (χ3v) is 4.07. The number of hydrogen-bond donors (Lipinski definition) is 0. The van der Waals surface area contributed by atoms with E-state index in [9.17, 15) is 9.59 Å². The molecule has 0 spiro atoms. The van der Waals surface area contributed by atoms with Crippen molar-refractivity contribution in [2.75, 3.05) is 13.7 Å². The van der Waals surface area contributed by atoms with Gasteiger partial charge < -0.3 is 9.47 Å². The van der Waals surface area contributed by atoms with Crippen LogP contribution >= 0.6 is 11.6 Å². The number of carbonyl (C=O) groups is 2. The van der Waals surface area contributed by atoms with Gasteiger partial charge in [-0.05, 0) is 18.1 Å². The summed E-state index contributed by atoms with van der Waals surface area (Å²) in [5.41, 5.74) is 1.47. The summed E-state index contributed by atoms with van der Waals surface area (Å²) in [5.74, 6) is -0.430. The molecule has 100 valence electrons. The second-order valence-electron chi connectivity index (χ2n) is 4.85. The highest BCUT2D eigenvalue weighted by Crippen LogP contribution is 2.45.